The summed E-state index contributed by atoms with van der Waals surface area (Å²) >= 11 is 0. The monoisotopic (exact) mass is 286 g/mol. The second kappa shape index (κ2) is 4.90. The summed E-state index contributed by atoms with van der Waals surface area (Å²) in [7, 11) is 0. The van der Waals surface area contributed by atoms with Crippen LogP contribution in [0.4, 0.5) is 4.39 Å². The molecule has 0 aliphatic carbocycles. The van der Waals surface area contributed by atoms with Crippen LogP contribution in [0.15, 0.2) is 40.9 Å². The lowest BCUT2D eigenvalue weighted by atomic mass is 10.1. The molecule has 6 heteroatoms. The summed E-state index contributed by atoms with van der Waals surface area (Å²) in [5.41, 5.74) is 1.61. The highest BCUT2D eigenvalue weighted by Crippen LogP contribution is 2.32. The first-order valence-electron chi connectivity index (χ1n) is 6.17. The Labute approximate surface area is 119 Å². The van der Waals surface area contributed by atoms with Gasteiger partial charge >= 0.3 is 0 Å². The van der Waals surface area contributed by atoms with Gasteiger partial charge in [-0.05, 0) is 36.8 Å². The maximum Gasteiger partial charge on any atom is 0.262 e. The van der Waals surface area contributed by atoms with Gasteiger partial charge in [-0.3, -0.25) is 0 Å². The molecule has 2 aromatic carbocycles. The quantitative estimate of drug-likeness (QED) is 0.756. The average molecular weight is 286 g/mol. The first kappa shape index (κ1) is 13.1. The summed E-state index contributed by atoms with van der Waals surface area (Å²) in [4.78, 5) is 4.16. The second-order valence-corrected chi connectivity index (χ2v) is 4.58. The summed E-state index contributed by atoms with van der Waals surface area (Å²) in [6.45, 7) is 1.81. The Morgan fingerprint density at radius 2 is 1.86 bits per heavy atom. The topological polar surface area (TPSA) is 79.4 Å². The van der Waals surface area contributed by atoms with E-state index in [-0.39, 0.29) is 23.2 Å². The van der Waals surface area contributed by atoms with Crippen LogP contribution >= 0.6 is 0 Å². The Morgan fingerprint density at radius 1 is 1.05 bits per heavy atom. The van der Waals surface area contributed by atoms with Gasteiger partial charge in [0.05, 0.1) is 5.56 Å². The van der Waals surface area contributed by atoms with Gasteiger partial charge in [-0.2, -0.15) is 4.98 Å². The van der Waals surface area contributed by atoms with Crippen molar-refractivity contribution in [3.8, 4) is 34.3 Å². The Balaban J connectivity index is 2.06. The van der Waals surface area contributed by atoms with E-state index in [0.717, 1.165) is 5.56 Å². The predicted molar refractivity (Wildman–Crippen MR) is 73.2 cm³/mol. The molecule has 0 spiro atoms. The first-order chi connectivity index (χ1) is 10.0. The fourth-order valence-corrected chi connectivity index (χ4v) is 1.98. The predicted octanol–water partition coefficient (Wildman–Crippen LogP) is 3.26. The highest BCUT2D eigenvalue weighted by atomic mass is 19.1. The van der Waals surface area contributed by atoms with Crippen molar-refractivity contribution < 1.29 is 19.1 Å². The number of phenolic OH excluding ortho intramolecular Hbond substituents is 2. The minimum atomic E-state index is -0.394. The average Bonchev–Trinajstić information content (AvgIpc) is 2.91. The van der Waals surface area contributed by atoms with Gasteiger partial charge in [-0.25, -0.2) is 4.39 Å². The first-order valence-corrected chi connectivity index (χ1v) is 6.17. The molecule has 3 aromatic rings. The van der Waals surface area contributed by atoms with E-state index in [0.29, 0.717) is 11.1 Å². The van der Waals surface area contributed by atoms with Crippen LogP contribution in [0.2, 0.25) is 0 Å². The number of aryl methyl sites for hydroxylation is 1. The van der Waals surface area contributed by atoms with Crippen LogP contribution < -0.4 is 0 Å². The molecule has 5 nitrogen and oxygen atoms in total. The molecule has 1 heterocycles. The fourth-order valence-electron chi connectivity index (χ4n) is 1.98. The maximum atomic E-state index is 13.3. The normalized spacial score (nSPS) is 10.8. The summed E-state index contributed by atoms with van der Waals surface area (Å²) in [6.07, 6.45) is 0. The third-order valence-corrected chi connectivity index (χ3v) is 3.08. The molecule has 0 saturated carbocycles. The molecular formula is C15H11FN2O3. The molecule has 1 aromatic heterocycles. The largest absolute Gasteiger partial charge is 0.508 e. The summed E-state index contributed by atoms with van der Waals surface area (Å²) in [6, 6.07) is 8.32. The Bertz CT molecular complexity index is 814. The molecule has 21 heavy (non-hydrogen) atoms. The van der Waals surface area contributed by atoms with E-state index in [1.807, 2.05) is 6.92 Å². The van der Waals surface area contributed by atoms with Crippen molar-refractivity contribution in [1.82, 2.24) is 10.1 Å². The van der Waals surface area contributed by atoms with Crippen LogP contribution in [0.5, 0.6) is 11.5 Å². The summed E-state index contributed by atoms with van der Waals surface area (Å²) in [5.74, 6) is -0.326. The molecule has 0 radical (unpaired) electrons. The van der Waals surface area contributed by atoms with Crippen molar-refractivity contribution >= 4 is 0 Å². The smallest absolute Gasteiger partial charge is 0.262 e. The molecule has 0 aliphatic rings. The van der Waals surface area contributed by atoms with E-state index in [1.165, 1.54) is 30.3 Å². The van der Waals surface area contributed by atoms with Crippen molar-refractivity contribution in [2.24, 2.45) is 0 Å². The lowest BCUT2D eigenvalue weighted by Crippen LogP contribution is -1.87. The fraction of sp³-hybridized carbons (Fsp3) is 0.0667. The van der Waals surface area contributed by atoms with E-state index < -0.39 is 5.82 Å². The molecule has 0 unspecified atom stereocenters. The zero-order chi connectivity index (χ0) is 15.0. The van der Waals surface area contributed by atoms with Crippen molar-refractivity contribution in [3.05, 3.63) is 47.8 Å². The van der Waals surface area contributed by atoms with Crippen LogP contribution in [0.1, 0.15) is 5.56 Å². The van der Waals surface area contributed by atoms with Gasteiger partial charge in [0.1, 0.15) is 17.3 Å². The molecule has 0 aliphatic heterocycles. The highest BCUT2D eigenvalue weighted by molar-refractivity contribution is 5.67. The Morgan fingerprint density at radius 3 is 2.62 bits per heavy atom. The van der Waals surface area contributed by atoms with Crippen molar-refractivity contribution in [3.63, 3.8) is 0 Å². The van der Waals surface area contributed by atoms with E-state index >= 15 is 0 Å². The molecular weight excluding hydrogens is 275 g/mol. The second-order valence-electron chi connectivity index (χ2n) is 4.58. The number of nitrogens with zero attached hydrogens (tertiary/aromatic N) is 2. The van der Waals surface area contributed by atoms with Crippen molar-refractivity contribution in [1.29, 1.82) is 0 Å². The van der Waals surface area contributed by atoms with Gasteiger partial charge in [0.15, 0.2) is 0 Å². The zero-order valence-electron chi connectivity index (χ0n) is 11.0. The number of phenols is 2. The summed E-state index contributed by atoms with van der Waals surface area (Å²) < 4.78 is 18.4. The lowest BCUT2D eigenvalue weighted by Gasteiger charge is -2.00. The van der Waals surface area contributed by atoms with Gasteiger partial charge in [0, 0.05) is 11.6 Å². The molecule has 0 atom stereocenters. The number of aromatic nitrogens is 2. The van der Waals surface area contributed by atoms with E-state index in [2.05, 4.69) is 10.1 Å². The zero-order valence-corrected chi connectivity index (χ0v) is 11.0. The third kappa shape index (κ3) is 2.43. The number of benzene rings is 2. The molecule has 0 bridgehead atoms. The molecule has 0 fully saturated rings. The van der Waals surface area contributed by atoms with Gasteiger partial charge < -0.3 is 14.7 Å². The van der Waals surface area contributed by atoms with Crippen LogP contribution in [-0.2, 0) is 0 Å². The summed E-state index contributed by atoms with van der Waals surface area (Å²) in [5, 5.41) is 22.8. The van der Waals surface area contributed by atoms with Crippen molar-refractivity contribution in [2.45, 2.75) is 6.92 Å². The maximum absolute atomic E-state index is 13.3. The SMILES string of the molecule is Cc1ccc(F)cc1-c1noc(-c2ccc(O)cc2O)n1. The molecule has 3 rings (SSSR count). The number of hydrogen-bond acceptors (Lipinski definition) is 5. The molecule has 106 valence electrons. The molecule has 0 saturated heterocycles. The van der Waals surface area contributed by atoms with Crippen LogP contribution in [0, 0.1) is 12.7 Å². The van der Waals surface area contributed by atoms with Crippen molar-refractivity contribution in [2.75, 3.05) is 0 Å². The molecule has 2 N–H and O–H groups in total. The van der Waals surface area contributed by atoms with E-state index in [9.17, 15) is 14.6 Å². The van der Waals surface area contributed by atoms with Gasteiger partial charge in [0.25, 0.3) is 5.89 Å². The van der Waals surface area contributed by atoms with Gasteiger partial charge in [-0.15, -0.1) is 0 Å². The van der Waals surface area contributed by atoms with Gasteiger partial charge in [0.2, 0.25) is 5.82 Å². The molecule has 0 amide bonds. The van der Waals surface area contributed by atoms with Gasteiger partial charge in [-0.1, -0.05) is 11.2 Å². The lowest BCUT2D eigenvalue weighted by molar-refractivity contribution is 0.423. The Hall–Kier alpha value is -2.89. The number of aromatic hydroxyl groups is 2. The minimum Gasteiger partial charge on any atom is -0.508 e. The van der Waals surface area contributed by atoms with Crippen LogP contribution in [0.3, 0.4) is 0 Å². The van der Waals surface area contributed by atoms with E-state index in [1.54, 1.807) is 6.07 Å². The van der Waals surface area contributed by atoms with E-state index in [4.69, 9.17) is 4.52 Å². The van der Waals surface area contributed by atoms with Crippen LogP contribution in [0.25, 0.3) is 22.8 Å². The number of halogens is 1. The Kier molecular flexibility index (Phi) is 3.06. The van der Waals surface area contributed by atoms with Crippen LogP contribution in [-0.4, -0.2) is 20.4 Å². The number of rotatable bonds is 2. The third-order valence-electron chi connectivity index (χ3n) is 3.08. The number of hydrogen-bond donors (Lipinski definition) is 2. The standard InChI is InChI=1S/C15H11FN2O3/c1-8-2-3-9(16)6-12(8)14-17-15(21-18-14)11-5-4-10(19)7-13(11)20/h2-7,19-20H,1H3. The minimum absolute atomic E-state index is 0.0723. The highest BCUT2D eigenvalue weighted by Gasteiger charge is 2.16.